The zero-order chi connectivity index (χ0) is 13.9. The van der Waals surface area contributed by atoms with Crippen molar-refractivity contribution >= 4 is 21.6 Å². The second-order valence-corrected chi connectivity index (χ2v) is 6.16. The van der Waals surface area contributed by atoms with E-state index in [4.69, 9.17) is 11.6 Å². The van der Waals surface area contributed by atoms with E-state index in [1.807, 2.05) is 24.3 Å². The van der Waals surface area contributed by atoms with Crippen molar-refractivity contribution in [1.82, 2.24) is 14.5 Å². The molecule has 102 valence electrons. The number of hydrogen-bond acceptors (Lipinski definition) is 3. The molecule has 1 aromatic carbocycles. The first-order chi connectivity index (χ1) is 9.01. The minimum atomic E-state index is -3.52. The molecule has 2 aromatic rings. The Morgan fingerprint density at radius 1 is 1.37 bits per heavy atom. The van der Waals surface area contributed by atoms with Gasteiger partial charge in [-0.3, -0.25) is 4.68 Å². The number of rotatable bonds is 5. The van der Waals surface area contributed by atoms with Crippen molar-refractivity contribution in [2.75, 3.05) is 0 Å². The molecule has 1 aromatic heterocycles. The van der Waals surface area contributed by atoms with Crippen LogP contribution in [0.2, 0.25) is 0 Å². The summed E-state index contributed by atoms with van der Waals surface area (Å²) in [5, 5.41) is 3.85. The van der Waals surface area contributed by atoms with Crippen LogP contribution in [0.1, 0.15) is 11.1 Å². The molecule has 0 amide bonds. The highest BCUT2D eigenvalue weighted by Crippen LogP contribution is 2.10. The van der Waals surface area contributed by atoms with Crippen molar-refractivity contribution in [1.29, 1.82) is 0 Å². The van der Waals surface area contributed by atoms with E-state index in [1.54, 1.807) is 7.05 Å². The van der Waals surface area contributed by atoms with Crippen LogP contribution in [0.4, 0.5) is 0 Å². The summed E-state index contributed by atoms with van der Waals surface area (Å²) in [6.45, 7) is 0.224. The minimum Gasteiger partial charge on any atom is -0.274 e. The normalized spacial score (nSPS) is 11.7. The van der Waals surface area contributed by atoms with Gasteiger partial charge in [-0.05, 0) is 11.1 Å². The van der Waals surface area contributed by atoms with E-state index in [0.717, 1.165) is 11.1 Å². The Kier molecular flexibility index (Phi) is 4.24. The molecule has 1 heterocycles. The van der Waals surface area contributed by atoms with Crippen molar-refractivity contribution in [3.63, 3.8) is 0 Å². The van der Waals surface area contributed by atoms with Gasteiger partial charge in [0.15, 0.2) is 0 Å². The molecule has 0 aliphatic rings. The number of aromatic nitrogens is 2. The topological polar surface area (TPSA) is 64.0 Å². The molecular formula is C12H14ClN3O2S. The van der Waals surface area contributed by atoms with Gasteiger partial charge in [0, 0.05) is 25.7 Å². The lowest BCUT2D eigenvalue weighted by molar-refractivity contribution is 0.581. The molecule has 0 saturated carbocycles. The molecule has 5 nitrogen and oxygen atoms in total. The first-order valence-electron chi connectivity index (χ1n) is 5.63. The van der Waals surface area contributed by atoms with Gasteiger partial charge in [-0.2, -0.15) is 5.10 Å². The van der Waals surface area contributed by atoms with E-state index in [9.17, 15) is 8.42 Å². The molecule has 0 fully saturated rings. The summed E-state index contributed by atoms with van der Waals surface area (Å²) in [5.41, 5.74) is 1.82. The van der Waals surface area contributed by atoms with Crippen LogP contribution in [-0.4, -0.2) is 18.2 Å². The molecular weight excluding hydrogens is 286 g/mol. The number of hydrogen-bond donors (Lipinski definition) is 1. The van der Waals surface area contributed by atoms with Gasteiger partial charge in [0.2, 0.25) is 10.0 Å². The zero-order valence-corrected chi connectivity index (χ0v) is 11.9. The molecule has 0 saturated heterocycles. The molecule has 0 aliphatic heterocycles. The molecule has 0 bridgehead atoms. The number of halogens is 1. The fraction of sp³-hybridized carbons (Fsp3) is 0.250. The Bertz CT molecular complexity index is 667. The van der Waals surface area contributed by atoms with Crippen LogP contribution >= 0.6 is 11.6 Å². The molecule has 0 atom stereocenters. The Morgan fingerprint density at radius 2 is 2.11 bits per heavy atom. The van der Waals surface area contributed by atoms with E-state index in [-0.39, 0.29) is 11.4 Å². The van der Waals surface area contributed by atoms with Gasteiger partial charge in [-0.15, -0.1) is 11.6 Å². The molecule has 0 spiro atoms. The van der Waals surface area contributed by atoms with Crippen LogP contribution in [0.25, 0.3) is 0 Å². The van der Waals surface area contributed by atoms with Crippen molar-refractivity contribution in [2.45, 2.75) is 17.3 Å². The fourth-order valence-corrected chi connectivity index (χ4v) is 2.79. The largest absolute Gasteiger partial charge is 0.274 e. The van der Waals surface area contributed by atoms with E-state index >= 15 is 0 Å². The van der Waals surface area contributed by atoms with E-state index in [2.05, 4.69) is 9.82 Å². The lowest BCUT2D eigenvalue weighted by Crippen LogP contribution is -2.22. The highest BCUT2D eigenvalue weighted by molar-refractivity contribution is 7.89. The molecule has 2 rings (SSSR count). The van der Waals surface area contributed by atoms with Crippen molar-refractivity contribution in [3.8, 4) is 0 Å². The maximum absolute atomic E-state index is 12.0. The third kappa shape index (κ3) is 3.56. The number of benzene rings is 1. The van der Waals surface area contributed by atoms with E-state index in [1.165, 1.54) is 17.1 Å². The lowest BCUT2D eigenvalue weighted by Gasteiger charge is -2.06. The number of sulfonamides is 1. The fourth-order valence-electron chi connectivity index (χ4n) is 1.62. The maximum atomic E-state index is 12.0. The van der Waals surface area contributed by atoms with Gasteiger partial charge in [0.25, 0.3) is 0 Å². The van der Waals surface area contributed by atoms with Crippen LogP contribution in [0.15, 0.2) is 41.6 Å². The van der Waals surface area contributed by atoms with Gasteiger partial charge in [0.1, 0.15) is 4.90 Å². The summed E-state index contributed by atoms with van der Waals surface area (Å²) in [7, 11) is -1.85. The summed E-state index contributed by atoms with van der Waals surface area (Å²) in [4.78, 5) is 0.156. The van der Waals surface area contributed by atoms with Crippen LogP contribution in [-0.2, 0) is 29.5 Å². The minimum absolute atomic E-state index is 0.156. The second-order valence-electron chi connectivity index (χ2n) is 4.13. The van der Waals surface area contributed by atoms with Gasteiger partial charge in [0.05, 0.1) is 6.20 Å². The standard InChI is InChI=1S/C12H14ClN3O2S/c1-16-9-12(8-14-16)19(17,18)15-7-11-4-2-3-10(5-11)6-13/h2-5,8-9,15H,6-7H2,1H3. The van der Waals surface area contributed by atoms with Crippen LogP contribution in [0.3, 0.4) is 0 Å². The Labute approximate surface area is 117 Å². The van der Waals surface area contributed by atoms with E-state index < -0.39 is 10.0 Å². The lowest BCUT2D eigenvalue weighted by atomic mass is 10.1. The van der Waals surface area contributed by atoms with E-state index in [0.29, 0.717) is 5.88 Å². The maximum Gasteiger partial charge on any atom is 0.243 e. The summed E-state index contributed by atoms with van der Waals surface area (Å²) in [6.07, 6.45) is 2.77. The zero-order valence-electron chi connectivity index (χ0n) is 10.4. The number of alkyl halides is 1. The summed E-state index contributed by atoms with van der Waals surface area (Å²) >= 11 is 5.74. The summed E-state index contributed by atoms with van der Waals surface area (Å²) in [5.74, 6) is 0.406. The van der Waals surface area contributed by atoms with Crippen molar-refractivity contribution in [2.24, 2.45) is 7.05 Å². The average molecular weight is 300 g/mol. The number of nitrogens with zero attached hydrogens (tertiary/aromatic N) is 2. The van der Waals surface area contributed by atoms with Crippen LogP contribution < -0.4 is 4.72 Å². The molecule has 1 N–H and O–H groups in total. The van der Waals surface area contributed by atoms with Crippen LogP contribution in [0, 0.1) is 0 Å². The summed E-state index contributed by atoms with van der Waals surface area (Å²) < 4.78 is 27.9. The van der Waals surface area contributed by atoms with Gasteiger partial charge < -0.3 is 0 Å². The van der Waals surface area contributed by atoms with Crippen molar-refractivity contribution < 1.29 is 8.42 Å². The second kappa shape index (κ2) is 5.73. The smallest absolute Gasteiger partial charge is 0.243 e. The molecule has 19 heavy (non-hydrogen) atoms. The molecule has 0 unspecified atom stereocenters. The SMILES string of the molecule is Cn1cc(S(=O)(=O)NCc2cccc(CCl)c2)cn1. The quantitative estimate of drug-likeness (QED) is 0.854. The van der Waals surface area contributed by atoms with Gasteiger partial charge >= 0.3 is 0 Å². The van der Waals surface area contributed by atoms with Crippen molar-refractivity contribution in [3.05, 3.63) is 47.8 Å². The highest BCUT2D eigenvalue weighted by Gasteiger charge is 2.15. The molecule has 0 radical (unpaired) electrons. The first kappa shape index (κ1) is 14.0. The van der Waals surface area contributed by atoms with Gasteiger partial charge in [-0.25, -0.2) is 13.1 Å². The third-order valence-electron chi connectivity index (χ3n) is 2.60. The third-order valence-corrected chi connectivity index (χ3v) is 4.27. The first-order valence-corrected chi connectivity index (χ1v) is 7.65. The molecule has 7 heteroatoms. The average Bonchev–Trinajstić information content (AvgIpc) is 2.84. The Hall–Kier alpha value is -1.37. The number of aryl methyl sites for hydroxylation is 1. The van der Waals surface area contributed by atoms with Gasteiger partial charge in [-0.1, -0.05) is 24.3 Å². The highest BCUT2D eigenvalue weighted by atomic mass is 35.5. The Morgan fingerprint density at radius 3 is 2.74 bits per heavy atom. The molecule has 0 aliphatic carbocycles. The summed E-state index contributed by atoms with van der Waals surface area (Å²) in [6, 6.07) is 7.47. The predicted octanol–water partition coefficient (Wildman–Crippen LogP) is 1.64. The predicted molar refractivity (Wildman–Crippen MR) is 73.2 cm³/mol. The number of nitrogens with one attached hydrogen (secondary N) is 1. The van der Waals surface area contributed by atoms with Crippen LogP contribution in [0.5, 0.6) is 0 Å². The monoisotopic (exact) mass is 299 g/mol. The Balaban J connectivity index is 2.09.